The van der Waals surface area contributed by atoms with Gasteiger partial charge in [0.2, 0.25) is 0 Å². The van der Waals surface area contributed by atoms with Gasteiger partial charge in [0, 0.05) is 35.3 Å². The van der Waals surface area contributed by atoms with E-state index in [0.717, 1.165) is 27.6 Å². The Kier molecular flexibility index (Phi) is 5.17. The molecule has 0 spiro atoms. The lowest BCUT2D eigenvalue weighted by Crippen LogP contribution is -2.12. The molecule has 34 heavy (non-hydrogen) atoms. The van der Waals surface area contributed by atoms with Gasteiger partial charge < -0.3 is 14.8 Å². The molecule has 0 saturated carbocycles. The standard InChI is InChI=1S/C27H23N3O4/c1-15-10-20(16(2)29-22-7-5-4-6-19(22)27(32)33)26-21(11-15)24(31)13-25(34-26)17-8-9-23-18(12-17)14-28-30(23)3/h4-14,16,29H,1-3H3,(H,32,33). The molecule has 2 aromatic heterocycles. The average molecular weight is 453 g/mol. The van der Waals surface area contributed by atoms with Gasteiger partial charge in [-0.1, -0.05) is 18.2 Å². The van der Waals surface area contributed by atoms with Gasteiger partial charge in [0.1, 0.15) is 11.3 Å². The molecular formula is C27H23N3O4. The molecule has 0 amide bonds. The zero-order valence-corrected chi connectivity index (χ0v) is 19.0. The van der Waals surface area contributed by atoms with E-state index in [2.05, 4.69) is 10.4 Å². The number of rotatable bonds is 5. The van der Waals surface area contributed by atoms with Gasteiger partial charge >= 0.3 is 5.97 Å². The zero-order chi connectivity index (χ0) is 24.0. The molecule has 7 heteroatoms. The van der Waals surface area contributed by atoms with E-state index >= 15 is 0 Å². The first kappa shape index (κ1) is 21.5. The number of nitrogens with one attached hydrogen (secondary N) is 1. The van der Waals surface area contributed by atoms with Gasteiger partial charge in [-0.2, -0.15) is 5.10 Å². The van der Waals surface area contributed by atoms with Crippen LogP contribution in [0.5, 0.6) is 0 Å². The minimum Gasteiger partial charge on any atom is -0.478 e. The van der Waals surface area contributed by atoms with Crippen LogP contribution in [0.2, 0.25) is 0 Å². The van der Waals surface area contributed by atoms with E-state index in [9.17, 15) is 14.7 Å². The molecule has 0 radical (unpaired) electrons. The highest BCUT2D eigenvalue weighted by Crippen LogP contribution is 2.32. The van der Waals surface area contributed by atoms with Crippen molar-refractivity contribution in [2.45, 2.75) is 19.9 Å². The topological polar surface area (TPSA) is 97.4 Å². The van der Waals surface area contributed by atoms with Gasteiger partial charge in [0.05, 0.1) is 28.7 Å². The first-order chi connectivity index (χ1) is 16.3. The fourth-order valence-electron chi connectivity index (χ4n) is 4.32. The lowest BCUT2D eigenvalue weighted by Gasteiger charge is -2.19. The van der Waals surface area contributed by atoms with Gasteiger partial charge in [-0.25, -0.2) is 4.79 Å². The normalized spacial score (nSPS) is 12.2. The maximum Gasteiger partial charge on any atom is 0.337 e. The van der Waals surface area contributed by atoms with Gasteiger partial charge in [-0.05, 0) is 55.8 Å². The first-order valence-corrected chi connectivity index (χ1v) is 10.9. The predicted octanol–water partition coefficient (Wildman–Crippen LogP) is 5.53. The molecular weight excluding hydrogens is 430 g/mol. The summed E-state index contributed by atoms with van der Waals surface area (Å²) < 4.78 is 8.11. The van der Waals surface area contributed by atoms with E-state index in [-0.39, 0.29) is 17.0 Å². The minimum absolute atomic E-state index is 0.134. The van der Waals surface area contributed by atoms with Gasteiger partial charge in [0.15, 0.2) is 5.43 Å². The number of anilines is 1. The van der Waals surface area contributed by atoms with Crippen LogP contribution in [0.4, 0.5) is 5.69 Å². The van der Waals surface area contributed by atoms with Crippen molar-refractivity contribution in [3.63, 3.8) is 0 Å². The molecule has 0 aliphatic carbocycles. The molecule has 0 aliphatic rings. The molecule has 2 N–H and O–H groups in total. The summed E-state index contributed by atoms with van der Waals surface area (Å²) in [6.45, 7) is 3.84. The van der Waals surface area contributed by atoms with Crippen LogP contribution in [0.1, 0.15) is 34.5 Å². The Bertz CT molecular complexity index is 1630. The molecule has 5 rings (SSSR count). The SMILES string of the molecule is Cc1cc(C(C)Nc2ccccc2C(=O)O)c2oc(-c3ccc4c(cnn4C)c3)cc(=O)c2c1. The lowest BCUT2D eigenvalue weighted by atomic mass is 10.00. The molecule has 0 aliphatic heterocycles. The van der Waals surface area contributed by atoms with Crippen molar-refractivity contribution in [3.05, 3.63) is 93.8 Å². The second-order valence-electron chi connectivity index (χ2n) is 8.46. The molecule has 5 aromatic rings. The van der Waals surface area contributed by atoms with Crippen molar-refractivity contribution in [2.75, 3.05) is 5.32 Å². The van der Waals surface area contributed by atoms with Crippen molar-refractivity contribution in [1.82, 2.24) is 9.78 Å². The Morgan fingerprint density at radius 3 is 2.71 bits per heavy atom. The highest BCUT2D eigenvalue weighted by molar-refractivity contribution is 5.94. The average Bonchev–Trinajstić information content (AvgIpc) is 3.19. The number of fused-ring (bicyclic) bond motifs is 2. The van der Waals surface area contributed by atoms with E-state index in [0.29, 0.717) is 22.4 Å². The molecule has 0 saturated heterocycles. The van der Waals surface area contributed by atoms with E-state index in [1.807, 2.05) is 51.2 Å². The summed E-state index contributed by atoms with van der Waals surface area (Å²) in [7, 11) is 1.88. The maximum atomic E-state index is 13.1. The lowest BCUT2D eigenvalue weighted by molar-refractivity contribution is 0.0698. The van der Waals surface area contributed by atoms with Gasteiger partial charge in [-0.3, -0.25) is 9.48 Å². The summed E-state index contributed by atoms with van der Waals surface area (Å²) in [5.74, 6) is -0.546. The number of nitrogens with zero attached hydrogens (tertiary/aromatic N) is 2. The quantitative estimate of drug-likeness (QED) is 0.363. The van der Waals surface area contributed by atoms with Crippen LogP contribution in [0.25, 0.3) is 33.2 Å². The van der Waals surface area contributed by atoms with Crippen LogP contribution in [0.3, 0.4) is 0 Å². The van der Waals surface area contributed by atoms with Crippen LogP contribution in [0.15, 0.2) is 76.1 Å². The zero-order valence-electron chi connectivity index (χ0n) is 19.0. The van der Waals surface area contributed by atoms with Crippen molar-refractivity contribution >= 4 is 33.5 Å². The van der Waals surface area contributed by atoms with E-state index in [4.69, 9.17) is 4.42 Å². The molecule has 1 unspecified atom stereocenters. The van der Waals surface area contributed by atoms with Gasteiger partial charge in [-0.15, -0.1) is 0 Å². The van der Waals surface area contributed by atoms with E-state index in [1.54, 1.807) is 35.1 Å². The number of hydrogen-bond acceptors (Lipinski definition) is 5. The molecule has 170 valence electrons. The van der Waals surface area contributed by atoms with Crippen LogP contribution in [-0.4, -0.2) is 20.9 Å². The van der Waals surface area contributed by atoms with Crippen LogP contribution >= 0.6 is 0 Å². The Morgan fingerprint density at radius 1 is 1.12 bits per heavy atom. The number of carbonyl (C=O) groups is 1. The Labute approximate surface area is 195 Å². The molecule has 2 heterocycles. The second-order valence-corrected chi connectivity index (χ2v) is 8.46. The molecule has 0 fully saturated rings. The number of aromatic nitrogens is 2. The first-order valence-electron chi connectivity index (χ1n) is 10.9. The number of hydrogen-bond donors (Lipinski definition) is 2. The van der Waals surface area contributed by atoms with Crippen molar-refractivity contribution in [1.29, 1.82) is 0 Å². The second kappa shape index (κ2) is 8.19. The van der Waals surface area contributed by atoms with E-state index in [1.165, 1.54) is 6.07 Å². The highest BCUT2D eigenvalue weighted by atomic mass is 16.4. The summed E-state index contributed by atoms with van der Waals surface area (Å²) in [5, 5.41) is 18.5. The van der Waals surface area contributed by atoms with Gasteiger partial charge in [0.25, 0.3) is 0 Å². The van der Waals surface area contributed by atoms with Crippen molar-refractivity contribution in [2.24, 2.45) is 7.05 Å². The predicted molar refractivity (Wildman–Crippen MR) is 132 cm³/mol. The summed E-state index contributed by atoms with van der Waals surface area (Å²) in [4.78, 5) is 24.7. The molecule has 3 aromatic carbocycles. The third kappa shape index (κ3) is 3.71. The summed E-state index contributed by atoms with van der Waals surface area (Å²) >= 11 is 0. The Hall–Kier alpha value is -4.39. The largest absolute Gasteiger partial charge is 0.478 e. The van der Waals surface area contributed by atoms with Crippen LogP contribution in [-0.2, 0) is 7.05 Å². The molecule has 7 nitrogen and oxygen atoms in total. The van der Waals surface area contributed by atoms with Crippen molar-refractivity contribution in [3.8, 4) is 11.3 Å². The Morgan fingerprint density at radius 2 is 1.91 bits per heavy atom. The smallest absolute Gasteiger partial charge is 0.337 e. The number of benzene rings is 3. The minimum atomic E-state index is -1.01. The maximum absolute atomic E-state index is 13.1. The fourth-order valence-corrected chi connectivity index (χ4v) is 4.32. The fraction of sp³-hybridized carbons (Fsp3) is 0.148. The summed E-state index contributed by atoms with van der Waals surface area (Å²) in [6.07, 6.45) is 1.78. The monoisotopic (exact) mass is 453 g/mol. The summed E-state index contributed by atoms with van der Waals surface area (Å²) in [6, 6.07) is 17.5. The number of aromatic carboxylic acids is 1. The van der Waals surface area contributed by atoms with E-state index < -0.39 is 5.97 Å². The number of aryl methyl sites for hydroxylation is 2. The third-order valence-electron chi connectivity index (χ3n) is 6.03. The summed E-state index contributed by atoms with van der Waals surface area (Å²) in [5.41, 5.74) is 4.48. The number of para-hydroxylation sites is 1. The van der Waals surface area contributed by atoms with Crippen molar-refractivity contribution < 1.29 is 14.3 Å². The highest BCUT2D eigenvalue weighted by Gasteiger charge is 2.18. The molecule has 0 bridgehead atoms. The number of carboxylic acid groups (broad SMARTS) is 1. The Balaban J connectivity index is 1.64. The number of carboxylic acids is 1. The van der Waals surface area contributed by atoms with Crippen LogP contribution in [0, 0.1) is 6.92 Å². The molecule has 1 atom stereocenters. The van der Waals surface area contributed by atoms with Crippen LogP contribution < -0.4 is 10.7 Å². The third-order valence-corrected chi connectivity index (χ3v) is 6.03.